The predicted octanol–water partition coefficient (Wildman–Crippen LogP) is 4.90. The number of fused-ring (bicyclic) bond motifs is 1. The molecule has 0 unspecified atom stereocenters. The molecule has 1 atom stereocenters. The van der Waals surface area contributed by atoms with Crippen LogP contribution >= 0.6 is 0 Å². The number of aliphatic hydroxyl groups is 1. The molecule has 2 aromatic carbocycles. The van der Waals surface area contributed by atoms with Crippen molar-refractivity contribution in [2.24, 2.45) is 0 Å². The molecule has 160 valence electrons. The van der Waals surface area contributed by atoms with Gasteiger partial charge in [0.2, 0.25) is 0 Å². The molecule has 1 amide bonds. The number of aliphatic hydroxyl groups excluding tert-OH is 1. The number of anilines is 1. The van der Waals surface area contributed by atoms with E-state index in [1.54, 1.807) is 60.4 Å². The van der Waals surface area contributed by atoms with Gasteiger partial charge in [0, 0.05) is 28.6 Å². The highest BCUT2D eigenvalue weighted by atomic mass is 19.4. The molecule has 0 fully saturated rings. The topological polar surface area (TPSA) is 62.7 Å². The monoisotopic (exact) mass is 428 g/mol. The molecule has 0 bridgehead atoms. The van der Waals surface area contributed by atoms with E-state index in [4.69, 9.17) is 4.74 Å². The molecule has 1 aromatic heterocycles. The molecule has 1 aliphatic rings. The number of aromatic nitrogens is 1. The zero-order valence-corrected chi connectivity index (χ0v) is 16.6. The number of hydrogen-bond acceptors (Lipinski definition) is 4. The van der Waals surface area contributed by atoms with E-state index in [9.17, 15) is 23.1 Å². The Labute approximate surface area is 176 Å². The highest BCUT2D eigenvalue weighted by Crippen LogP contribution is 2.38. The number of para-hydroxylation sites is 1. The van der Waals surface area contributed by atoms with Gasteiger partial charge in [0.05, 0.1) is 18.3 Å². The van der Waals surface area contributed by atoms with Crippen LogP contribution in [0, 0.1) is 0 Å². The van der Waals surface area contributed by atoms with Gasteiger partial charge in [-0.15, -0.1) is 0 Å². The standard InChI is InChI=1S/C23H19F3N2O3/c1-14(29)15-6-8-16(9-7-15)28-12-19-17(22(28)30)10-11-27-21(19)18-4-2-3-5-20(18)31-13-23(24,25)26/h2-11,14,29H,12-13H2,1H3/t14-/m1/s1. The molecule has 2 heterocycles. The lowest BCUT2D eigenvalue weighted by Crippen LogP contribution is -2.22. The minimum absolute atomic E-state index is 0.0490. The van der Waals surface area contributed by atoms with Crippen LogP contribution in [0.25, 0.3) is 11.3 Å². The summed E-state index contributed by atoms with van der Waals surface area (Å²) in [6.45, 7) is 0.459. The van der Waals surface area contributed by atoms with Crippen molar-refractivity contribution in [1.29, 1.82) is 0 Å². The van der Waals surface area contributed by atoms with Crippen molar-refractivity contribution < 1.29 is 27.8 Å². The van der Waals surface area contributed by atoms with E-state index in [-0.39, 0.29) is 18.2 Å². The van der Waals surface area contributed by atoms with Crippen molar-refractivity contribution >= 4 is 11.6 Å². The second-order valence-corrected chi connectivity index (χ2v) is 7.24. The number of alkyl halides is 3. The van der Waals surface area contributed by atoms with E-state index < -0.39 is 18.9 Å². The van der Waals surface area contributed by atoms with Gasteiger partial charge in [0.1, 0.15) is 5.75 Å². The molecule has 4 rings (SSSR count). The van der Waals surface area contributed by atoms with Crippen LogP contribution in [0.15, 0.2) is 60.8 Å². The second kappa shape index (κ2) is 8.03. The van der Waals surface area contributed by atoms with E-state index >= 15 is 0 Å². The summed E-state index contributed by atoms with van der Waals surface area (Å²) in [6.07, 6.45) is -3.62. The number of pyridine rings is 1. The van der Waals surface area contributed by atoms with Crippen LogP contribution in [0.5, 0.6) is 5.75 Å². The van der Waals surface area contributed by atoms with Gasteiger partial charge in [0.15, 0.2) is 6.61 Å². The molecule has 0 radical (unpaired) electrons. The third kappa shape index (κ3) is 4.25. The van der Waals surface area contributed by atoms with Gasteiger partial charge < -0.3 is 14.7 Å². The molecule has 31 heavy (non-hydrogen) atoms. The quantitative estimate of drug-likeness (QED) is 0.628. The van der Waals surface area contributed by atoms with Crippen LogP contribution in [-0.2, 0) is 6.54 Å². The first-order chi connectivity index (χ1) is 14.7. The second-order valence-electron chi connectivity index (χ2n) is 7.24. The fourth-order valence-corrected chi connectivity index (χ4v) is 3.55. The largest absolute Gasteiger partial charge is 0.483 e. The number of rotatable bonds is 5. The number of halogens is 3. The zero-order chi connectivity index (χ0) is 22.2. The summed E-state index contributed by atoms with van der Waals surface area (Å²) in [5, 5.41) is 9.69. The summed E-state index contributed by atoms with van der Waals surface area (Å²) in [5.41, 5.74) is 3.24. The van der Waals surface area contributed by atoms with Crippen LogP contribution < -0.4 is 9.64 Å². The Bertz CT molecular complexity index is 1110. The third-order valence-corrected chi connectivity index (χ3v) is 5.07. The minimum atomic E-state index is -4.47. The maximum absolute atomic E-state index is 13.0. The van der Waals surface area contributed by atoms with Gasteiger partial charge in [-0.25, -0.2) is 0 Å². The fourth-order valence-electron chi connectivity index (χ4n) is 3.55. The fraction of sp³-hybridized carbons (Fsp3) is 0.217. The smallest absolute Gasteiger partial charge is 0.422 e. The zero-order valence-electron chi connectivity index (χ0n) is 16.6. The molecule has 3 aromatic rings. The Morgan fingerprint density at radius 3 is 2.48 bits per heavy atom. The van der Waals surface area contributed by atoms with Crippen molar-refractivity contribution in [1.82, 2.24) is 4.98 Å². The first-order valence-corrected chi connectivity index (χ1v) is 9.61. The van der Waals surface area contributed by atoms with Crippen molar-refractivity contribution in [2.45, 2.75) is 25.7 Å². The molecule has 0 saturated carbocycles. The number of benzene rings is 2. The van der Waals surface area contributed by atoms with Crippen LogP contribution in [0.3, 0.4) is 0 Å². The first-order valence-electron chi connectivity index (χ1n) is 9.61. The molecule has 0 spiro atoms. The molecule has 0 saturated heterocycles. The van der Waals surface area contributed by atoms with Crippen molar-refractivity contribution in [3.63, 3.8) is 0 Å². The summed E-state index contributed by atoms with van der Waals surface area (Å²) < 4.78 is 43.0. The Morgan fingerprint density at radius 1 is 1.10 bits per heavy atom. The number of carbonyl (C=O) groups excluding carboxylic acids is 1. The predicted molar refractivity (Wildman–Crippen MR) is 109 cm³/mol. The number of amides is 1. The van der Waals surface area contributed by atoms with Gasteiger partial charge in [0.25, 0.3) is 5.91 Å². The normalized spacial score (nSPS) is 14.5. The molecule has 1 N–H and O–H groups in total. The highest BCUT2D eigenvalue weighted by molar-refractivity contribution is 6.11. The molecule has 8 heteroatoms. The molecular formula is C23H19F3N2O3. The maximum Gasteiger partial charge on any atom is 0.422 e. The van der Waals surface area contributed by atoms with E-state index in [0.29, 0.717) is 28.1 Å². The Hall–Kier alpha value is -3.39. The van der Waals surface area contributed by atoms with Crippen molar-refractivity contribution in [2.75, 3.05) is 11.5 Å². The molecule has 1 aliphatic heterocycles. The number of ether oxygens (including phenoxy) is 1. The Morgan fingerprint density at radius 2 is 1.81 bits per heavy atom. The molecule has 5 nitrogen and oxygen atoms in total. The summed E-state index contributed by atoms with van der Waals surface area (Å²) in [7, 11) is 0. The van der Waals surface area contributed by atoms with Crippen LogP contribution in [0.2, 0.25) is 0 Å². The first kappa shape index (κ1) is 20.9. The van der Waals surface area contributed by atoms with Crippen molar-refractivity contribution in [3.05, 3.63) is 77.5 Å². The lowest BCUT2D eigenvalue weighted by atomic mass is 10.0. The highest BCUT2D eigenvalue weighted by Gasteiger charge is 2.33. The Balaban J connectivity index is 1.69. The number of nitrogens with zero attached hydrogens (tertiary/aromatic N) is 2. The van der Waals surface area contributed by atoms with E-state index in [0.717, 1.165) is 5.56 Å². The van der Waals surface area contributed by atoms with Crippen LogP contribution in [0.1, 0.15) is 34.5 Å². The summed E-state index contributed by atoms with van der Waals surface area (Å²) in [4.78, 5) is 18.9. The SMILES string of the molecule is C[C@@H](O)c1ccc(N2Cc3c(ccnc3-c3ccccc3OCC(F)(F)F)C2=O)cc1. The van der Waals surface area contributed by atoms with E-state index in [2.05, 4.69) is 4.98 Å². The van der Waals surface area contributed by atoms with Gasteiger partial charge in [-0.1, -0.05) is 24.3 Å². The summed E-state index contributed by atoms with van der Waals surface area (Å²) in [5.74, 6) is -0.176. The lowest BCUT2D eigenvalue weighted by Gasteiger charge is -2.17. The third-order valence-electron chi connectivity index (χ3n) is 5.07. The lowest BCUT2D eigenvalue weighted by molar-refractivity contribution is -0.153. The summed E-state index contributed by atoms with van der Waals surface area (Å²) in [6, 6.07) is 14.9. The van der Waals surface area contributed by atoms with Crippen LogP contribution in [0.4, 0.5) is 18.9 Å². The van der Waals surface area contributed by atoms with Gasteiger partial charge >= 0.3 is 6.18 Å². The van der Waals surface area contributed by atoms with Crippen molar-refractivity contribution in [3.8, 4) is 17.0 Å². The number of carbonyl (C=O) groups is 1. The molecule has 0 aliphatic carbocycles. The van der Waals surface area contributed by atoms with Crippen LogP contribution in [-0.4, -0.2) is 28.8 Å². The number of hydrogen-bond donors (Lipinski definition) is 1. The van der Waals surface area contributed by atoms with E-state index in [1.807, 2.05) is 0 Å². The average Bonchev–Trinajstić information content (AvgIpc) is 3.09. The molecular weight excluding hydrogens is 409 g/mol. The average molecular weight is 428 g/mol. The van der Waals surface area contributed by atoms with Gasteiger partial charge in [-0.3, -0.25) is 9.78 Å². The van der Waals surface area contributed by atoms with Gasteiger partial charge in [-0.05, 0) is 42.8 Å². The Kier molecular flexibility index (Phi) is 5.41. The maximum atomic E-state index is 13.0. The summed E-state index contributed by atoms with van der Waals surface area (Å²) >= 11 is 0. The van der Waals surface area contributed by atoms with E-state index in [1.165, 1.54) is 12.3 Å². The minimum Gasteiger partial charge on any atom is -0.483 e. The van der Waals surface area contributed by atoms with Gasteiger partial charge in [-0.2, -0.15) is 13.2 Å².